The number of likely N-dealkylation sites (N-methyl/N-ethyl adjacent to an activating group) is 1. The Kier molecular flexibility index (Phi) is 7.10. The summed E-state index contributed by atoms with van der Waals surface area (Å²) in [5.74, 6) is 0. The van der Waals surface area contributed by atoms with E-state index >= 15 is 0 Å². The topological polar surface area (TPSA) is 49.4 Å². The fourth-order valence-electron chi connectivity index (χ4n) is 2.28. The van der Waals surface area contributed by atoms with Gasteiger partial charge >= 0.3 is 0 Å². The largest absolute Gasteiger partial charge is 0.300 e. The summed E-state index contributed by atoms with van der Waals surface area (Å²) in [6, 6.07) is 7.57. The molecule has 1 N–H and O–H groups in total. The van der Waals surface area contributed by atoms with Crippen molar-refractivity contribution in [2.24, 2.45) is 0 Å². The third-order valence-electron chi connectivity index (χ3n) is 3.81. The summed E-state index contributed by atoms with van der Waals surface area (Å²) in [7, 11) is -3.21. The molecule has 0 aromatic heterocycles. The van der Waals surface area contributed by atoms with Gasteiger partial charge in [0.25, 0.3) is 0 Å². The van der Waals surface area contributed by atoms with Gasteiger partial charge in [-0.2, -0.15) is 0 Å². The highest BCUT2D eigenvalue weighted by Gasteiger charge is 2.05. The van der Waals surface area contributed by atoms with E-state index in [0.717, 1.165) is 32.3 Å². The van der Waals surface area contributed by atoms with E-state index in [0.29, 0.717) is 5.69 Å². The first kappa shape index (κ1) is 18.7. The molecule has 0 bridgehead atoms. The first-order valence-corrected chi connectivity index (χ1v) is 9.58. The predicted molar refractivity (Wildman–Crippen MR) is 94.8 cm³/mol. The maximum atomic E-state index is 11.2. The van der Waals surface area contributed by atoms with Gasteiger partial charge in [-0.25, -0.2) is 8.42 Å². The number of rotatable bonds is 8. The molecule has 0 heterocycles. The van der Waals surface area contributed by atoms with Gasteiger partial charge in [-0.05, 0) is 51.1 Å². The van der Waals surface area contributed by atoms with Crippen molar-refractivity contribution >= 4 is 15.7 Å². The first-order valence-electron chi connectivity index (χ1n) is 7.69. The summed E-state index contributed by atoms with van der Waals surface area (Å²) in [6.07, 6.45) is 2.05. The summed E-state index contributed by atoms with van der Waals surface area (Å²) in [4.78, 5) is 2.40. The van der Waals surface area contributed by atoms with Crippen LogP contribution in [-0.4, -0.2) is 39.2 Å². The normalized spacial score (nSPS) is 13.2. The monoisotopic (exact) mass is 324 g/mol. The number of nitrogens with one attached hydrogen (secondary N) is 1. The van der Waals surface area contributed by atoms with Gasteiger partial charge in [0.05, 0.1) is 6.26 Å². The lowest BCUT2D eigenvalue weighted by molar-refractivity contribution is 0.329. The van der Waals surface area contributed by atoms with Gasteiger partial charge < -0.3 is 0 Å². The molecular formula is C17H28N2O2S. The molecule has 5 heteroatoms. The highest BCUT2D eigenvalue weighted by molar-refractivity contribution is 7.92. The van der Waals surface area contributed by atoms with Crippen LogP contribution in [0.3, 0.4) is 0 Å². The summed E-state index contributed by atoms with van der Waals surface area (Å²) in [5.41, 5.74) is 4.57. The number of hydrogen-bond donors (Lipinski definition) is 1. The van der Waals surface area contributed by atoms with Crippen molar-refractivity contribution in [3.8, 4) is 0 Å². The molecule has 0 fully saturated rings. The standard InChI is InChI=1S/C17H28N2O2S/c1-6-19(7-2)13-15(4)14(3)12-16-8-10-17(11-9-16)18-22(5,20)21/h8-11,18H,6-7,12-13H2,1-5H3/b15-14-. The molecule has 22 heavy (non-hydrogen) atoms. The quantitative estimate of drug-likeness (QED) is 0.747. The molecule has 0 aliphatic rings. The molecular weight excluding hydrogens is 296 g/mol. The second-order valence-electron chi connectivity index (χ2n) is 5.77. The number of benzene rings is 1. The summed E-state index contributed by atoms with van der Waals surface area (Å²) >= 11 is 0. The lowest BCUT2D eigenvalue weighted by Gasteiger charge is -2.20. The Morgan fingerprint density at radius 2 is 1.59 bits per heavy atom. The third kappa shape index (κ3) is 6.62. The zero-order valence-electron chi connectivity index (χ0n) is 14.3. The van der Waals surface area contributed by atoms with Crippen molar-refractivity contribution in [3.05, 3.63) is 41.0 Å². The molecule has 0 saturated carbocycles. The zero-order chi connectivity index (χ0) is 16.8. The lowest BCUT2D eigenvalue weighted by Crippen LogP contribution is -2.25. The van der Waals surface area contributed by atoms with Crippen LogP contribution in [0.25, 0.3) is 0 Å². The predicted octanol–water partition coefficient (Wildman–Crippen LogP) is 3.28. The molecule has 1 aromatic rings. The molecule has 0 aliphatic heterocycles. The van der Waals surface area contributed by atoms with E-state index in [9.17, 15) is 8.42 Å². The molecule has 0 aliphatic carbocycles. The Labute approximate surface area is 135 Å². The Morgan fingerprint density at radius 3 is 2.05 bits per heavy atom. The van der Waals surface area contributed by atoms with E-state index in [4.69, 9.17) is 0 Å². The average molecular weight is 324 g/mol. The van der Waals surface area contributed by atoms with Crippen molar-refractivity contribution in [1.29, 1.82) is 0 Å². The van der Waals surface area contributed by atoms with Crippen LogP contribution in [0.15, 0.2) is 35.4 Å². The lowest BCUT2D eigenvalue weighted by atomic mass is 10.0. The van der Waals surface area contributed by atoms with Crippen LogP contribution in [0.5, 0.6) is 0 Å². The number of anilines is 1. The molecule has 0 atom stereocenters. The molecule has 0 unspecified atom stereocenters. The molecule has 0 radical (unpaired) electrons. The third-order valence-corrected chi connectivity index (χ3v) is 4.42. The van der Waals surface area contributed by atoms with Gasteiger partial charge in [0.1, 0.15) is 0 Å². The number of sulfonamides is 1. The van der Waals surface area contributed by atoms with E-state index < -0.39 is 10.0 Å². The molecule has 1 aromatic carbocycles. The fourth-order valence-corrected chi connectivity index (χ4v) is 2.84. The molecule has 0 amide bonds. The highest BCUT2D eigenvalue weighted by Crippen LogP contribution is 2.16. The molecule has 124 valence electrons. The SMILES string of the molecule is CCN(CC)C/C(C)=C(/C)Cc1ccc(NS(C)(=O)=O)cc1. The van der Waals surface area contributed by atoms with Crippen molar-refractivity contribution in [1.82, 2.24) is 4.90 Å². The average Bonchev–Trinajstić information content (AvgIpc) is 2.45. The summed E-state index contributed by atoms with van der Waals surface area (Å²) in [5, 5.41) is 0. The van der Waals surface area contributed by atoms with Crippen LogP contribution in [0.2, 0.25) is 0 Å². The maximum absolute atomic E-state index is 11.2. The first-order chi connectivity index (χ1) is 10.2. The van der Waals surface area contributed by atoms with Crippen LogP contribution in [-0.2, 0) is 16.4 Å². The van der Waals surface area contributed by atoms with Gasteiger partial charge in [-0.15, -0.1) is 0 Å². The van der Waals surface area contributed by atoms with E-state index in [1.54, 1.807) is 0 Å². The Morgan fingerprint density at radius 1 is 1.05 bits per heavy atom. The van der Waals surface area contributed by atoms with Crippen LogP contribution in [0.1, 0.15) is 33.3 Å². The summed E-state index contributed by atoms with van der Waals surface area (Å²) < 4.78 is 24.9. The maximum Gasteiger partial charge on any atom is 0.229 e. The van der Waals surface area contributed by atoms with Gasteiger partial charge in [0, 0.05) is 12.2 Å². The zero-order valence-corrected chi connectivity index (χ0v) is 15.1. The van der Waals surface area contributed by atoms with Crippen molar-refractivity contribution in [3.63, 3.8) is 0 Å². The van der Waals surface area contributed by atoms with E-state index in [-0.39, 0.29) is 0 Å². The number of nitrogens with zero attached hydrogens (tertiary/aromatic N) is 1. The Bertz CT molecular complexity index is 600. The molecule has 4 nitrogen and oxygen atoms in total. The number of allylic oxidation sites excluding steroid dienone is 1. The summed E-state index contributed by atoms with van der Waals surface area (Å²) in [6.45, 7) is 11.8. The van der Waals surface area contributed by atoms with E-state index in [2.05, 4.69) is 37.3 Å². The van der Waals surface area contributed by atoms with Crippen molar-refractivity contribution in [2.45, 2.75) is 34.1 Å². The van der Waals surface area contributed by atoms with Crippen LogP contribution < -0.4 is 4.72 Å². The number of hydrogen-bond acceptors (Lipinski definition) is 3. The molecule has 0 spiro atoms. The second-order valence-corrected chi connectivity index (χ2v) is 7.52. The van der Waals surface area contributed by atoms with Crippen molar-refractivity contribution in [2.75, 3.05) is 30.6 Å². The van der Waals surface area contributed by atoms with E-state index in [1.165, 1.54) is 16.7 Å². The minimum absolute atomic E-state index is 0.604. The van der Waals surface area contributed by atoms with Gasteiger partial charge in [0.15, 0.2) is 0 Å². The highest BCUT2D eigenvalue weighted by atomic mass is 32.2. The smallest absolute Gasteiger partial charge is 0.229 e. The van der Waals surface area contributed by atoms with Gasteiger partial charge in [0.2, 0.25) is 10.0 Å². The molecule has 0 saturated heterocycles. The van der Waals surface area contributed by atoms with Gasteiger partial charge in [-0.1, -0.05) is 37.1 Å². The van der Waals surface area contributed by atoms with Crippen molar-refractivity contribution < 1.29 is 8.42 Å². The fraction of sp³-hybridized carbons (Fsp3) is 0.529. The van der Waals surface area contributed by atoms with Crippen LogP contribution >= 0.6 is 0 Å². The Hall–Kier alpha value is -1.33. The van der Waals surface area contributed by atoms with E-state index in [1.807, 2.05) is 24.3 Å². The van der Waals surface area contributed by atoms with Crippen LogP contribution in [0.4, 0.5) is 5.69 Å². The minimum atomic E-state index is -3.21. The van der Waals surface area contributed by atoms with Crippen LogP contribution in [0, 0.1) is 0 Å². The second kappa shape index (κ2) is 8.34. The Balaban J connectivity index is 2.73. The van der Waals surface area contributed by atoms with Gasteiger partial charge in [-0.3, -0.25) is 9.62 Å². The molecule has 1 rings (SSSR count). The minimum Gasteiger partial charge on any atom is -0.300 e.